The van der Waals surface area contributed by atoms with Crippen LogP contribution in [-0.2, 0) is 0 Å². The van der Waals surface area contributed by atoms with Gasteiger partial charge in [0, 0.05) is 31.4 Å². The van der Waals surface area contributed by atoms with E-state index in [4.69, 9.17) is 0 Å². The monoisotopic (exact) mass is 356 g/mol. The first-order chi connectivity index (χ1) is 12.8. The lowest BCUT2D eigenvalue weighted by atomic mass is 9.81. The van der Waals surface area contributed by atoms with Crippen molar-refractivity contribution in [1.29, 1.82) is 0 Å². The average molecular weight is 357 g/mol. The van der Waals surface area contributed by atoms with Gasteiger partial charge in [-0.3, -0.25) is 0 Å². The molecule has 1 atom stereocenters. The van der Waals surface area contributed by atoms with E-state index in [0.717, 1.165) is 44.9 Å². The summed E-state index contributed by atoms with van der Waals surface area (Å²) in [4.78, 5) is 5.29. The molecule has 144 valence electrons. The summed E-state index contributed by atoms with van der Waals surface area (Å²) in [5.41, 5.74) is 1.26. The van der Waals surface area contributed by atoms with Gasteiger partial charge in [0.15, 0.2) is 0 Å². The van der Waals surface area contributed by atoms with Crippen molar-refractivity contribution in [1.82, 2.24) is 4.90 Å². The number of anilines is 1. The molecule has 1 unspecified atom stereocenters. The summed E-state index contributed by atoms with van der Waals surface area (Å²) in [6, 6.07) is 11.5. The van der Waals surface area contributed by atoms with E-state index in [1.54, 1.807) is 0 Å². The summed E-state index contributed by atoms with van der Waals surface area (Å²) in [5, 5.41) is 10.9. The summed E-state index contributed by atoms with van der Waals surface area (Å²) in [6.07, 6.45) is 14.3. The molecule has 1 spiro atoms. The molecule has 1 aliphatic carbocycles. The van der Waals surface area contributed by atoms with Crippen molar-refractivity contribution in [3.8, 4) is 0 Å². The van der Waals surface area contributed by atoms with Crippen LogP contribution in [0.2, 0.25) is 0 Å². The maximum absolute atomic E-state index is 10.9. The number of piperidine rings is 1. The molecule has 2 saturated heterocycles. The van der Waals surface area contributed by atoms with Crippen LogP contribution in [0.15, 0.2) is 30.3 Å². The van der Waals surface area contributed by atoms with Crippen molar-refractivity contribution < 1.29 is 5.11 Å². The van der Waals surface area contributed by atoms with Gasteiger partial charge in [0.2, 0.25) is 0 Å². The molecule has 3 fully saturated rings. The summed E-state index contributed by atoms with van der Waals surface area (Å²) in [6.45, 7) is 3.31. The van der Waals surface area contributed by atoms with Gasteiger partial charge in [-0.05, 0) is 44.2 Å². The highest BCUT2D eigenvalue weighted by Gasteiger charge is 2.50. The lowest BCUT2D eigenvalue weighted by molar-refractivity contribution is 0.0376. The predicted molar refractivity (Wildman–Crippen MR) is 109 cm³/mol. The molecule has 2 heterocycles. The summed E-state index contributed by atoms with van der Waals surface area (Å²) >= 11 is 0. The topological polar surface area (TPSA) is 26.7 Å². The molecule has 0 aromatic heterocycles. The van der Waals surface area contributed by atoms with Gasteiger partial charge in [-0.25, -0.2) is 0 Å². The zero-order valence-electron chi connectivity index (χ0n) is 16.3. The first-order valence-corrected chi connectivity index (χ1v) is 11.0. The molecule has 3 aliphatic rings. The molecule has 0 radical (unpaired) electrons. The maximum Gasteiger partial charge on any atom is 0.0789 e. The van der Waals surface area contributed by atoms with E-state index in [9.17, 15) is 5.11 Å². The number of aliphatic hydroxyl groups excluding tert-OH is 1. The Hall–Kier alpha value is -1.06. The molecular weight excluding hydrogens is 320 g/mol. The Kier molecular flexibility index (Phi) is 5.85. The first-order valence-electron chi connectivity index (χ1n) is 11.0. The van der Waals surface area contributed by atoms with Crippen molar-refractivity contribution >= 4 is 5.69 Å². The van der Waals surface area contributed by atoms with Crippen LogP contribution in [0.25, 0.3) is 0 Å². The highest BCUT2D eigenvalue weighted by Crippen LogP contribution is 2.42. The second-order valence-corrected chi connectivity index (χ2v) is 8.78. The Morgan fingerprint density at radius 1 is 0.769 bits per heavy atom. The van der Waals surface area contributed by atoms with E-state index in [1.165, 1.54) is 57.1 Å². The molecular formula is C23H36N2O. The molecule has 0 amide bonds. The van der Waals surface area contributed by atoms with Gasteiger partial charge in [0.1, 0.15) is 0 Å². The minimum atomic E-state index is -0.176. The van der Waals surface area contributed by atoms with Crippen LogP contribution >= 0.6 is 0 Å². The van der Waals surface area contributed by atoms with Gasteiger partial charge in [-0.1, -0.05) is 56.7 Å². The maximum atomic E-state index is 10.9. The molecule has 3 nitrogen and oxygen atoms in total. The van der Waals surface area contributed by atoms with E-state index in [2.05, 4.69) is 40.1 Å². The number of benzene rings is 1. The molecule has 26 heavy (non-hydrogen) atoms. The number of rotatable bonds is 2. The summed E-state index contributed by atoms with van der Waals surface area (Å²) < 4.78 is 0. The Labute approximate surface area is 159 Å². The quantitative estimate of drug-likeness (QED) is 0.839. The minimum absolute atomic E-state index is 0.0314. The van der Waals surface area contributed by atoms with Crippen molar-refractivity contribution in [2.75, 3.05) is 24.5 Å². The highest BCUT2D eigenvalue weighted by molar-refractivity contribution is 5.51. The lowest BCUT2D eigenvalue weighted by Crippen LogP contribution is -2.58. The van der Waals surface area contributed by atoms with E-state index in [0.29, 0.717) is 0 Å². The summed E-state index contributed by atoms with van der Waals surface area (Å²) in [5.74, 6) is 0. The standard InChI is InChI=1S/C23H36N2O/c26-22-14-17-25(21-12-8-5-9-13-21)23(22)15-18-24(19-16-23)20-10-6-3-1-2-4-7-11-20/h5,8-9,12-13,20,22,26H,1-4,6-7,10-11,14-19H2. The molecule has 1 N–H and O–H groups in total. The van der Waals surface area contributed by atoms with Gasteiger partial charge in [0.05, 0.1) is 11.6 Å². The van der Waals surface area contributed by atoms with Crippen molar-refractivity contribution in [2.45, 2.75) is 88.3 Å². The SMILES string of the molecule is OC1CCN(c2ccccc2)C12CCN(C1CCCCCCCC1)CC2. The van der Waals surface area contributed by atoms with Crippen molar-refractivity contribution in [3.05, 3.63) is 30.3 Å². The molecule has 2 aliphatic heterocycles. The second-order valence-electron chi connectivity index (χ2n) is 8.78. The number of nitrogens with zero attached hydrogens (tertiary/aromatic N) is 2. The molecule has 1 aromatic rings. The van der Waals surface area contributed by atoms with Gasteiger partial charge < -0.3 is 14.9 Å². The second kappa shape index (κ2) is 8.31. The zero-order valence-corrected chi connectivity index (χ0v) is 16.3. The fraction of sp³-hybridized carbons (Fsp3) is 0.739. The third-order valence-electron chi connectivity index (χ3n) is 7.36. The van der Waals surface area contributed by atoms with E-state index < -0.39 is 0 Å². The van der Waals surface area contributed by atoms with Crippen LogP contribution in [0.5, 0.6) is 0 Å². The Balaban J connectivity index is 1.43. The van der Waals surface area contributed by atoms with Crippen molar-refractivity contribution in [2.24, 2.45) is 0 Å². The van der Waals surface area contributed by atoms with E-state index in [1.807, 2.05) is 0 Å². The minimum Gasteiger partial charge on any atom is -0.391 e. The third-order valence-corrected chi connectivity index (χ3v) is 7.36. The predicted octanol–water partition coefficient (Wildman–Crippen LogP) is 4.60. The Morgan fingerprint density at radius 2 is 1.38 bits per heavy atom. The third kappa shape index (κ3) is 3.66. The fourth-order valence-electron chi connectivity index (χ4n) is 5.77. The van der Waals surface area contributed by atoms with E-state index >= 15 is 0 Å². The summed E-state index contributed by atoms with van der Waals surface area (Å²) in [7, 11) is 0. The number of para-hydroxylation sites is 1. The van der Waals surface area contributed by atoms with Crippen molar-refractivity contribution in [3.63, 3.8) is 0 Å². The zero-order chi connectivity index (χ0) is 17.8. The smallest absolute Gasteiger partial charge is 0.0789 e. The van der Waals surface area contributed by atoms with Crippen LogP contribution in [0.3, 0.4) is 0 Å². The lowest BCUT2D eigenvalue weighted by Gasteiger charge is -2.49. The molecule has 0 bridgehead atoms. The van der Waals surface area contributed by atoms with Crippen LogP contribution in [0, 0.1) is 0 Å². The number of hydrogen-bond acceptors (Lipinski definition) is 3. The van der Waals surface area contributed by atoms with Gasteiger partial charge in [0.25, 0.3) is 0 Å². The molecule has 3 heteroatoms. The van der Waals surface area contributed by atoms with Crippen LogP contribution in [0.4, 0.5) is 5.69 Å². The number of aliphatic hydroxyl groups is 1. The van der Waals surface area contributed by atoms with Gasteiger partial charge in [-0.2, -0.15) is 0 Å². The van der Waals surface area contributed by atoms with E-state index in [-0.39, 0.29) is 11.6 Å². The first kappa shape index (κ1) is 18.3. The molecule has 1 aromatic carbocycles. The van der Waals surface area contributed by atoms with Crippen LogP contribution < -0.4 is 4.90 Å². The molecule has 1 saturated carbocycles. The molecule has 4 rings (SSSR count). The van der Waals surface area contributed by atoms with Crippen LogP contribution in [0.1, 0.15) is 70.6 Å². The Bertz CT molecular complexity index is 543. The van der Waals surface area contributed by atoms with Gasteiger partial charge >= 0.3 is 0 Å². The average Bonchev–Trinajstić information content (AvgIpc) is 3.06. The van der Waals surface area contributed by atoms with Crippen LogP contribution in [-0.4, -0.2) is 47.3 Å². The highest BCUT2D eigenvalue weighted by atomic mass is 16.3. The normalized spacial score (nSPS) is 28.7. The van der Waals surface area contributed by atoms with Gasteiger partial charge in [-0.15, -0.1) is 0 Å². The fourth-order valence-corrected chi connectivity index (χ4v) is 5.77. The largest absolute Gasteiger partial charge is 0.391 e. The Morgan fingerprint density at radius 3 is 2.04 bits per heavy atom. The number of likely N-dealkylation sites (tertiary alicyclic amines) is 1. The number of hydrogen-bond donors (Lipinski definition) is 1.